The molecule has 5 nitrogen and oxygen atoms in total. The fourth-order valence-electron chi connectivity index (χ4n) is 1.86. The van der Waals surface area contributed by atoms with Crippen LogP contribution >= 0.6 is 11.8 Å². The Hall–Kier alpha value is -1.69. The van der Waals surface area contributed by atoms with Crippen molar-refractivity contribution in [2.75, 3.05) is 30.1 Å². The second-order valence-corrected chi connectivity index (χ2v) is 5.27. The Morgan fingerprint density at radius 2 is 2.15 bits per heavy atom. The molecule has 0 aliphatic heterocycles. The normalized spacial score (nSPS) is 10.6. The molecule has 20 heavy (non-hydrogen) atoms. The van der Waals surface area contributed by atoms with Gasteiger partial charge in [-0.1, -0.05) is 11.8 Å². The van der Waals surface area contributed by atoms with Crippen LogP contribution in [0.3, 0.4) is 0 Å². The molecular weight excluding hydrogens is 272 g/mol. The van der Waals surface area contributed by atoms with E-state index in [1.54, 1.807) is 0 Å². The maximum Gasteiger partial charge on any atom is 0.191 e. The molecule has 0 saturated carbocycles. The van der Waals surface area contributed by atoms with Crippen LogP contribution in [0.5, 0.6) is 0 Å². The molecule has 0 unspecified atom stereocenters. The lowest BCUT2D eigenvalue weighted by Gasteiger charge is -2.18. The van der Waals surface area contributed by atoms with Crippen LogP contribution in [-0.4, -0.2) is 29.8 Å². The summed E-state index contributed by atoms with van der Waals surface area (Å²) in [6.45, 7) is 5.52. The number of furan rings is 1. The van der Waals surface area contributed by atoms with Crippen LogP contribution in [-0.2, 0) is 6.54 Å². The Bertz CT molecular complexity index is 570. The van der Waals surface area contributed by atoms with Gasteiger partial charge >= 0.3 is 0 Å². The molecule has 0 saturated heterocycles. The SMILES string of the molecule is CCNc1cc(N(C)Cc2ccc(C)o2)nc(SC)n1. The zero-order valence-electron chi connectivity index (χ0n) is 12.3. The van der Waals surface area contributed by atoms with E-state index < -0.39 is 0 Å². The van der Waals surface area contributed by atoms with Crippen molar-refractivity contribution in [3.8, 4) is 0 Å². The highest BCUT2D eigenvalue weighted by Crippen LogP contribution is 2.21. The highest BCUT2D eigenvalue weighted by molar-refractivity contribution is 7.98. The van der Waals surface area contributed by atoms with Crippen molar-refractivity contribution < 1.29 is 4.42 Å². The summed E-state index contributed by atoms with van der Waals surface area (Å²) < 4.78 is 5.60. The second-order valence-electron chi connectivity index (χ2n) is 4.50. The van der Waals surface area contributed by atoms with E-state index in [2.05, 4.69) is 27.1 Å². The summed E-state index contributed by atoms with van der Waals surface area (Å²) in [6, 6.07) is 5.92. The van der Waals surface area contributed by atoms with Crippen LogP contribution in [0.15, 0.2) is 27.8 Å². The number of aryl methyl sites for hydroxylation is 1. The smallest absolute Gasteiger partial charge is 0.191 e. The molecule has 2 rings (SSSR count). The number of anilines is 2. The molecule has 2 aromatic heterocycles. The van der Waals surface area contributed by atoms with Crippen molar-refractivity contribution >= 4 is 23.4 Å². The molecule has 2 aromatic rings. The minimum atomic E-state index is 0.685. The van der Waals surface area contributed by atoms with Crippen LogP contribution in [0.25, 0.3) is 0 Å². The van der Waals surface area contributed by atoms with Gasteiger partial charge in [0.25, 0.3) is 0 Å². The number of rotatable bonds is 6. The van der Waals surface area contributed by atoms with Gasteiger partial charge in [0.05, 0.1) is 6.54 Å². The molecule has 0 spiro atoms. The van der Waals surface area contributed by atoms with Crippen LogP contribution in [0.2, 0.25) is 0 Å². The third-order valence-electron chi connectivity index (χ3n) is 2.81. The lowest BCUT2D eigenvalue weighted by molar-refractivity contribution is 0.481. The predicted molar refractivity (Wildman–Crippen MR) is 83.5 cm³/mol. The second kappa shape index (κ2) is 6.65. The van der Waals surface area contributed by atoms with Crippen LogP contribution in [0.4, 0.5) is 11.6 Å². The first-order chi connectivity index (χ1) is 9.62. The van der Waals surface area contributed by atoms with Gasteiger partial charge in [0.2, 0.25) is 0 Å². The summed E-state index contributed by atoms with van der Waals surface area (Å²) in [5.41, 5.74) is 0. The van der Waals surface area contributed by atoms with E-state index in [-0.39, 0.29) is 0 Å². The minimum absolute atomic E-state index is 0.685. The number of nitrogens with one attached hydrogen (secondary N) is 1. The van der Waals surface area contributed by atoms with Gasteiger partial charge < -0.3 is 14.6 Å². The minimum Gasteiger partial charge on any atom is -0.464 e. The quantitative estimate of drug-likeness (QED) is 0.652. The molecule has 0 atom stereocenters. The Morgan fingerprint density at radius 3 is 2.75 bits per heavy atom. The number of hydrogen-bond donors (Lipinski definition) is 1. The lowest BCUT2D eigenvalue weighted by Crippen LogP contribution is -2.18. The fourth-order valence-corrected chi connectivity index (χ4v) is 2.23. The summed E-state index contributed by atoms with van der Waals surface area (Å²) >= 11 is 1.54. The Labute approximate surface area is 123 Å². The first-order valence-electron chi connectivity index (χ1n) is 6.55. The topological polar surface area (TPSA) is 54.2 Å². The van der Waals surface area contributed by atoms with E-state index in [9.17, 15) is 0 Å². The molecule has 0 aromatic carbocycles. The van der Waals surface area contributed by atoms with Gasteiger partial charge in [-0.05, 0) is 32.2 Å². The molecule has 2 heterocycles. The van der Waals surface area contributed by atoms with Gasteiger partial charge in [-0.25, -0.2) is 9.97 Å². The monoisotopic (exact) mass is 292 g/mol. The van der Waals surface area contributed by atoms with Gasteiger partial charge in [0.15, 0.2) is 5.16 Å². The van der Waals surface area contributed by atoms with Crippen molar-refractivity contribution in [2.45, 2.75) is 25.5 Å². The Balaban J connectivity index is 2.19. The maximum absolute atomic E-state index is 5.60. The van der Waals surface area contributed by atoms with Crippen LogP contribution in [0.1, 0.15) is 18.4 Å². The fraction of sp³-hybridized carbons (Fsp3) is 0.429. The van der Waals surface area contributed by atoms with E-state index in [0.717, 1.165) is 34.9 Å². The molecule has 1 N–H and O–H groups in total. The van der Waals surface area contributed by atoms with Crippen molar-refractivity contribution in [1.29, 1.82) is 0 Å². The molecule has 6 heteroatoms. The van der Waals surface area contributed by atoms with E-state index in [1.807, 2.05) is 38.4 Å². The van der Waals surface area contributed by atoms with E-state index in [0.29, 0.717) is 6.54 Å². The van der Waals surface area contributed by atoms with Crippen molar-refractivity contribution in [2.24, 2.45) is 0 Å². The number of aromatic nitrogens is 2. The van der Waals surface area contributed by atoms with Crippen LogP contribution < -0.4 is 10.2 Å². The average Bonchev–Trinajstić information content (AvgIpc) is 2.84. The maximum atomic E-state index is 5.60. The predicted octanol–water partition coefficient (Wildman–Crippen LogP) is 3.17. The molecule has 0 fully saturated rings. The van der Waals surface area contributed by atoms with Gasteiger partial charge in [0, 0.05) is 19.7 Å². The van der Waals surface area contributed by atoms with Gasteiger partial charge in [-0.15, -0.1) is 0 Å². The molecule has 108 valence electrons. The Morgan fingerprint density at radius 1 is 1.35 bits per heavy atom. The molecule has 0 bridgehead atoms. The van der Waals surface area contributed by atoms with Crippen molar-refractivity contribution in [1.82, 2.24) is 9.97 Å². The molecule has 0 aliphatic rings. The van der Waals surface area contributed by atoms with Crippen molar-refractivity contribution in [3.05, 3.63) is 29.7 Å². The first kappa shape index (κ1) is 14.7. The molecule has 0 aliphatic carbocycles. The van der Waals surface area contributed by atoms with Crippen molar-refractivity contribution in [3.63, 3.8) is 0 Å². The molecular formula is C14H20N4OS. The zero-order valence-corrected chi connectivity index (χ0v) is 13.1. The van der Waals surface area contributed by atoms with Crippen LogP contribution in [0, 0.1) is 6.92 Å². The molecule has 0 amide bonds. The van der Waals surface area contributed by atoms with E-state index in [4.69, 9.17) is 4.42 Å². The number of thioether (sulfide) groups is 1. The summed E-state index contributed by atoms with van der Waals surface area (Å²) in [5, 5.41) is 4.00. The Kier molecular flexibility index (Phi) is 4.89. The highest BCUT2D eigenvalue weighted by Gasteiger charge is 2.10. The number of nitrogens with zero attached hydrogens (tertiary/aromatic N) is 3. The first-order valence-corrected chi connectivity index (χ1v) is 7.78. The molecule has 0 radical (unpaired) electrons. The van der Waals surface area contributed by atoms with E-state index in [1.165, 1.54) is 11.8 Å². The lowest BCUT2D eigenvalue weighted by atomic mass is 10.4. The van der Waals surface area contributed by atoms with E-state index >= 15 is 0 Å². The summed E-state index contributed by atoms with van der Waals surface area (Å²) in [5.74, 6) is 3.59. The summed E-state index contributed by atoms with van der Waals surface area (Å²) in [6.07, 6.45) is 1.98. The zero-order chi connectivity index (χ0) is 14.5. The summed E-state index contributed by atoms with van der Waals surface area (Å²) in [4.78, 5) is 11.0. The number of hydrogen-bond acceptors (Lipinski definition) is 6. The third-order valence-corrected chi connectivity index (χ3v) is 3.36. The van der Waals surface area contributed by atoms with Gasteiger partial charge in [-0.2, -0.15) is 0 Å². The average molecular weight is 292 g/mol. The van der Waals surface area contributed by atoms with Gasteiger partial charge in [-0.3, -0.25) is 0 Å². The third kappa shape index (κ3) is 3.66. The van der Waals surface area contributed by atoms with Gasteiger partial charge in [0.1, 0.15) is 23.2 Å². The summed E-state index contributed by atoms with van der Waals surface area (Å²) in [7, 11) is 2.00. The largest absolute Gasteiger partial charge is 0.464 e. The highest BCUT2D eigenvalue weighted by atomic mass is 32.2. The standard InChI is InChI=1S/C14H20N4OS/c1-5-15-12-8-13(17-14(16-12)20-4)18(3)9-11-7-6-10(2)19-11/h6-8H,5,9H2,1-4H3,(H,15,16,17).